The van der Waals surface area contributed by atoms with Gasteiger partial charge in [0.05, 0.1) is 22.2 Å². The van der Waals surface area contributed by atoms with Crippen LogP contribution in [0.2, 0.25) is 0 Å². The molecular formula is C41H47N9O4S. The third-order valence-corrected chi connectivity index (χ3v) is 14.2. The maximum absolute atomic E-state index is 13.3. The number of carbonyl (C=O) groups is 3. The van der Waals surface area contributed by atoms with Gasteiger partial charge in [-0.1, -0.05) is 0 Å². The Morgan fingerprint density at radius 3 is 2.56 bits per heavy atom. The van der Waals surface area contributed by atoms with Crippen molar-refractivity contribution in [3.63, 3.8) is 0 Å². The van der Waals surface area contributed by atoms with Gasteiger partial charge in [-0.2, -0.15) is 0 Å². The molecule has 3 amide bonds. The minimum absolute atomic E-state index is 0.00453. The molecule has 1 spiro atoms. The van der Waals surface area contributed by atoms with Crippen LogP contribution in [-0.4, -0.2) is 94.1 Å². The zero-order chi connectivity index (χ0) is 37.6. The molecule has 1 aliphatic carbocycles. The number of imidazole rings is 1. The van der Waals surface area contributed by atoms with Crippen LogP contribution in [0.25, 0.3) is 32.0 Å². The number of amides is 3. The minimum atomic E-state index is -0.675. The van der Waals surface area contributed by atoms with Gasteiger partial charge in [0, 0.05) is 85.5 Å². The molecule has 10 rings (SSSR count). The van der Waals surface area contributed by atoms with Gasteiger partial charge in [-0.05, 0) is 100 Å². The summed E-state index contributed by atoms with van der Waals surface area (Å²) in [6, 6.07) is 14.1. The Labute approximate surface area is 322 Å². The fourth-order valence-electron chi connectivity index (χ4n) is 9.66. The molecular weight excluding hydrogens is 715 g/mol. The van der Waals surface area contributed by atoms with E-state index in [0.717, 1.165) is 106 Å². The lowest BCUT2D eigenvalue weighted by Gasteiger charge is -2.43. The largest absolute Gasteiger partial charge is 0.381 e. The number of nitrogens with one attached hydrogen (secondary N) is 3. The number of thiophene rings is 1. The molecule has 4 aliphatic heterocycles. The number of aromatic nitrogens is 3. The number of carbonyl (C=O) groups excluding carboxylic acids is 3. The number of aryl methyl sites for hydroxylation is 1. The second-order valence-electron chi connectivity index (χ2n) is 16.4. The number of fused-ring (bicyclic) bond motifs is 6. The van der Waals surface area contributed by atoms with Crippen molar-refractivity contribution in [2.45, 2.75) is 69.5 Å². The summed E-state index contributed by atoms with van der Waals surface area (Å²) in [7, 11) is 1.75. The van der Waals surface area contributed by atoms with Gasteiger partial charge >= 0.3 is 5.69 Å². The van der Waals surface area contributed by atoms with E-state index in [1.807, 2.05) is 13.0 Å². The van der Waals surface area contributed by atoms with Crippen molar-refractivity contribution in [2.75, 3.05) is 60.9 Å². The van der Waals surface area contributed by atoms with E-state index in [0.29, 0.717) is 18.9 Å². The van der Waals surface area contributed by atoms with E-state index in [4.69, 9.17) is 4.98 Å². The van der Waals surface area contributed by atoms with Crippen molar-refractivity contribution >= 4 is 78.3 Å². The highest BCUT2D eigenvalue weighted by Gasteiger charge is 2.51. The number of piperazine rings is 1. The van der Waals surface area contributed by atoms with Crippen LogP contribution >= 0.6 is 11.3 Å². The standard InChI is InChI=1S/C41H47N9O4S/c1-24-22-42-36-35-27-4-9-33(44-28(27)5-8-32(35)55-37(36)39(53)43-24)48-19-20-49(41(23-48)14-15-41)18-13-25-11-16-47(17-12-25)26-3-6-29-31(21-26)46(2)40(54)50(29)30-7-10-34(51)45-38(30)52/h3-6,8-9,21,24-25,30,42H,7,10-20,22-23H2,1-2H3,(H,43,53)(H,45,51,52)/t24-,30?/m1/s1. The van der Waals surface area contributed by atoms with E-state index >= 15 is 0 Å². The van der Waals surface area contributed by atoms with E-state index < -0.39 is 11.9 Å². The van der Waals surface area contributed by atoms with Crippen molar-refractivity contribution in [2.24, 2.45) is 13.0 Å². The lowest BCUT2D eigenvalue weighted by Crippen LogP contribution is -2.55. The average molecular weight is 762 g/mol. The van der Waals surface area contributed by atoms with Crippen LogP contribution in [-0.2, 0) is 16.6 Å². The predicted octanol–water partition coefficient (Wildman–Crippen LogP) is 4.59. The number of piperidine rings is 2. The molecule has 0 bridgehead atoms. The zero-order valence-electron chi connectivity index (χ0n) is 31.4. The number of nitrogens with zero attached hydrogens (tertiary/aromatic N) is 6. The molecule has 7 heterocycles. The Hall–Kier alpha value is -4.95. The summed E-state index contributed by atoms with van der Waals surface area (Å²) in [6.07, 6.45) is 6.52. The SMILES string of the molecule is C[C@@H]1CNc2c(sc3ccc4nc(N5CCN(CCC6CCN(c7ccc8c(c7)n(C)c(=O)n8C7CCC(=O)NC7=O)CC6)C6(CC6)C5)ccc4c23)C(=O)N1. The van der Waals surface area contributed by atoms with Gasteiger partial charge in [0.25, 0.3) is 5.91 Å². The molecule has 55 heavy (non-hydrogen) atoms. The van der Waals surface area contributed by atoms with Crippen LogP contribution in [0.1, 0.15) is 67.6 Å². The molecule has 13 nitrogen and oxygen atoms in total. The van der Waals surface area contributed by atoms with Gasteiger partial charge in [-0.25, -0.2) is 9.78 Å². The summed E-state index contributed by atoms with van der Waals surface area (Å²) in [4.78, 5) is 64.1. The highest BCUT2D eigenvalue weighted by Crippen LogP contribution is 2.46. The molecule has 286 valence electrons. The van der Waals surface area contributed by atoms with Crippen molar-refractivity contribution in [1.29, 1.82) is 0 Å². The maximum Gasteiger partial charge on any atom is 0.329 e. The Kier molecular flexibility index (Phi) is 8.21. The van der Waals surface area contributed by atoms with Crippen LogP contribution in [0.5, 0.6) is 0 Å². The third kappa shape index (κ3) is 5.87. The molecule has 5 aromatic rings. The Balaban J connectivity index is 0.772. The molecule has 4 fully saturated rings. The van der Waals surface area contributed by atoms with Crippen LogP contribution in [0.15, 0.2) is 47.3 Å². The van der Waals surface area contributed by atoms with Crippen LogP contribution in [0.4, 0.5) is 17.2 Å². The number of imide groups is 1. The van der Waals surface area contributed by atoms with Crippen molar-refractivity contribution < 1.29 is 14.4 Å². The van der Waals surface area contributed by atoms with Crippen LogP contribution < -0.4 is 31.4 Å². The molecule has 2 aromatic carbocycles. The summed E-state index contributed by atoms with van der Waals surface area (Å²) in [5, 5.41) is 11.2. The first-order chi connectivity index (χ1) is 26.7. The number of rotatable bonds is 6. The number of anilines is 3. The average Bonchev–Trinajstić information content (AvgIpc) is 3.81. The molecule has 14 heteroatoms. The summed E-state index contributed by atoms with van der Waals surface area (Å²) < 4.78 is 4.27. The summed E-state index contributed by atoms with van der Waals surface area (Å²) in [5.41, 5.74) is 4.55. The van der Waals surface area contributed by atoms with E-state index in [1.54, 1.807) is 27.5 Å². The first-order valence-corrected chi connectivity index (χ1v) is 20.7. The first kappa shape index (κ1) is 34.5. The topological polar surface area (TPSA) is 137 Å². The lowest BCUT2D eigenvalue weighted by molar-refractivity contribution is -0.135. The highest BCUT2D eigenvalue weighted by atomic mass is 32.1. The first-order valence-electron chi connectivity index (χ1n) is 19.9. The third-order valence-electron chi connectivity index (χ3n) is 13.0. The fourth-order valence-corrected chi connectivity index (χ4v) is 10.8. The smallest absolute Gasteiger partial charge is 0.329 e. The molecule has 0 radical (unpaired) electrons. The summed E-state index contributed by atoms with van der Waals surface area (Å²) in [5.74, 6) is 1.02. The molecule has 3 aromatic heterocycles. The van der Waals surface area contributed by atoms with Gasteiger partial charge in [0.2, 0.25) is 11.8 Å². The molecule has 1 saturated carbocycles. The molecule has 5 aliphatic rings. The van der Waals surface area contributed by atoms with Gasteiger partial charge < -0.3 is 20.4 Å². The van der Waals surface area contributed by atoms with Gasteiger partial charge in [-0.3, -0.25) is 33.7 Å². The van der Waals surface area contributed by atoms with Crippen LogP contribution in [0, 0.1) is 5.92 Å². The molecule has 3 N–H and O–H groups in total. The van der Waals surface area contributed by atoms with Gasteiger partial charge in [0.1, 0.15) is 16.7 Å². The van der Waals surface area contributed by atoms with Gasteiger partial charge in [-0.15, -0.1) is 11.3 Å². The summed E-state index contributed by atoms with van der Waals surface area (Å²) in [6.45, 7) is 8.83. The van der Waals surface area contributed by atoms with E-state index in [-0.39, 0.29) is 35.5 Å². The number of hydrogen-bond acceptors (Lipinski definition) is 10. The van der Waals surface area contributed by atoms with E-state index in [2.05, 4.69) is 67.0 Å². The Morgan fingerprint density at radius 2 is 1.76 bits per heavy atom. The highest BCUT2D eigenvalue weighted by molar-refractivity contribution is 7.21. The molecule has 3 saturated heterocycles. The predicted molar refractivity (Wildman–Crippen MR) is 216 cm³/mol. The van der Waals surface area contributed by atoms with E-state index in [1.165, 1.54) is 19.3 Å². The van der Waals surface area contributed by atoms with Crippen molar-refractivity contribution in [3.05, 3.63) is 57.8 Å². The van der Waals surface area contributed by atoms with Gasteiger partial charge in [0.15, 0.2) is 0 Å². The Bertz CT molecular complexity index is 2460. The second kappa shape index (κ2) is 13.1. The minimum Gasteiger partial charge on any atom is -0.381 e. The summed E-state index contributed by atoms with van der Waals surface area (Å²) >= 11 is 1.55. The lowest BCUT2D eigenvalue weighted by atomic mass is 9.92. The monoisotopic (exact) mass is 761 g/mol. The Morgan fingerprint density at radius 1 is 0.927 bits per heavy atom. The number of benzene rings is 2. The molecule has 2 atom stereocenters. The second-order valence-corrected chi connectivity index (χ2v) is 17.5. The van der Waals surface area contributed by atoms with Crippen molar-refractivity contribution in [1.82, 2.24) is 29.7 Å². The normalized spacial score (nSPS) is 23.3. The molecule has 1 unspecified atom stereocenters. The van der Waals surface area contributed by atoms with E-state index in [9.17, 15) is 19.2 Å². The number of hydrogen-bond donors (Lipinski definition) is 3. The van der Waals surface area contributed by atoms with Crippen molar-refractivity contribution in [3.8, 4) is 0 Å². The number of pyridine rings is 1. The zero-order valence-corrected chi connectivity index (χ0v) is 32.2. The quantitative estimate of drug-likeness (QED) is 0.213. The van der Waals surface area contributed by atoms with Crippen LogP contribution in [0.3, 0.4) is 0 Å². The maximum atomic E-state index is 13.3. The fraction of sp³-hybridized carbons (Fsp3) is 0.488.